The van der Waals surface area contributed by atoms with Gasteiger partial charge in [0.05, 0.1) is 6.54 Å². The van der Waals surface area contributed by atoms with E-state index in [0.717, 1.165) is 6.54 Å². The summed E-state index contributed by atoms with van der Waals surface area (Å²) in [5, 5.41) is 0. The Hall–Kier alpha value is -0.660. The topological polar surface area (TPSA) is 32.7 Å². The van der Waals surface area contributed by atoms with Crippen molar-refractivity contribution >= 4 is 6.08 Å². The Bertz CT molecular complexity index is 94.6. The summed E-state index contributed by atoms with van der Waals surface area (Å²) in [6, 6.07) is 0. The molecule has 0 rings (SSSR count). The van der Waals surface area contributed by atoms with E-state index in [-0.39, 0.29) is 0 Å². The minimum Gasteiger partial charge on any atom is -0.308 e. The molecule has 0 atom stereocenters. The van der Waals surface area contributed by atoms with Crippen molar-refractivity contribution in [1.29, 1.82) is 0 Å². The van der Waals surface area contributed by atoms with Crippen LogP contribution >= 0.6 is 0 Å². The number of aliphatic imine (C=N–C) groups is 1. The molecule has 0 amide bonds. The van der Waals surface area contributed by atoms with Gasteiger partial charge in [-0.05, 0) is 14.1 Å². The highest BCUT2D eigenvalue weighted by molar-refractivity contribution is 5.32. The van der Waals surface area contributed by atoms with E-state index >= 15 is 0 Å². The number of isocyanates is 1. The van der Waals surface area contributed by atoms with Crippen LogP contribution in [0.15, 0.2) is 4.99 Å². The van der Waals surface area contributed by atoms with Gasteiger partial charge in [-0.3, -0.25) is 0 Å². The highest BCUT2D eigenvalue weighted by atomic mass is 16.1. The van der Waals surface area contributed by atoms with Crippen LogP contribution in [0.1, 0.15) is 0 Å². The van der Waals surface area contributed by atoms with Crippen molar-refractivity contribution in [1.82, 2.24) is 4.90 Å². The predicted molar refractivity (Wildman–Crippen MR) is 31.5 cm³/mol. The van der Waals surface area contributed by atoms with E-state index in [2.05, 4.69) is 4.99 Å². The number of likely N-dealkylation sites (N-methyl/N-ethyl adjacent to an activating group) is 1. The first-order valence-corrected chi connectivity index (χ1v) is 2.45. The lowest BCUT2D eigenvalue weighted by molar-refractivity contribution is 0.420. The second-order valence-corrected chi connectivity index (χ2v) is 1.78. The molecule has 3 heteroatoms. The van der Waals surface area contributed by atoms with Gasteiger partial charge in [-0.15, -0.1) is 0 Å². The number of nitrogens with zero attached hydrogens (tertiary/aromatic N) is 2. The summed E-state index contributed by atoms with van der Waals surface area (Å²) >= 11 is 0. The molecule has 0 heterocycles. The van der Waals surface area contributed by atoms with Crippen LogP contribution in [0.4, 0.5) is 0 Å². The van der Waals surface area contributed by atoms with Crippen LogP contribution in [0, 0.1) is 0 Å². The molecule has 0 fully saturated rings. The highest BCUT2D eigenvalue weighted by Gasteiger charge is 1.83. The lowest BCUT2D eigenvalue weighted by Gasteiger charge is -2.03. The second-order valence-electron chi connectivity index (χ2n) is 1.78. The summed E-state index contributed by atoms with van der Waals surface area (Å²) in [5.41, 5.74) is 0. The minimum absolute atomic E-state index is 0.552. The average Bonchev–Trinajstić information content (AvgIpc) is 1.66. The van der Waals surface area contributed by atoms with Gasteiger partial charge < -0.3 is 4.90 Å². The molecule has 0 aliphatic rings. The molecule has 0 aromatic heterocycles. The molecule has 0 saturated heterocycles. The van der Waals surface area contributed by atoms with Crippen LogP contribution in [0.2, 0.25) is 0 Å². The van der Waals surface area contributed by atoms with Gasteiger partial charge in [-0.25, -0.2) is 9.79 Å². The molecule has 0 aromatic rings. The molecular formula is C5H10N2O. The van der Waals surface area contributed by atoms with Crippen LogP contribution in [0.25, 0.3) is 0 Å². The zero-order valence-corrected chi connectivity index (χ0v) is 5.22. The monoisotopic (exact) mass is 114 g/mol. The lowest BCUT2D eigenvalue weighted by atomic mass is 10.6. The Morgan fingerprint density at radius 2 is 2.25 bits per heavy atom. The Morgan fingerprint density at radius 1 is 1.62 bits per heavy atom. The molecule has 46 valence electrons. The van der Waals surface area contributed by atoms with Crippen LogP contribution in [0.5, 0.6) is 0 Å². The summed E-state index contributed by atoms with van der Waals surface area (Å²) in [4.78, 5) is 14.8. The van der Waals surface area contributed by atoms with Crippen LogP contribution in [-0.4, -0.2) is 38.2 Å². The second kappa shape index (κ2) is 4.50. The van der Waals surface area contributed by atoms with Gasteiger partial charge in [0.25, 0.3) is 0 Å². The van der Waals surface area contributed by atoms with E-state index in [1.807, 2.05) is 19.0 Å². The Morgan fingerprint density at radius 3 is 2.62 bits per heavy atom. The Labute approximate surface area is 49.0 Å². The van der Waals surface area contributed by atoms with Crippen molar-refractivity contribution in [2.75, 3.05) is 27.2 Å². The quantitative estimate of drug-likeness (QED) is 0.378. The van der Waals surface area contributed by atoms with E-state index < -0.39 is 0 Å². The van der Waals surface area contributed by atoms with Gasteiger partial charge in [0.2, 0.25) is 6.08 Å². The minimum atomic E-state index is 0.552. The number of carbonyl (C=O) groups excluding carboxylic acids is 1. The van der Waals surface area contributed by atoms with E-state index in [1.165, 1.54) is 6.08 Å². The zero-order valence-electron chi connectivity index (χ0n) is 5.22. The summed E-state index contributed by atoms with van der Waals surface area (Å²) in [7, 11) is 3.86. The summed E-state index contributed by atoms with van der Waals surface area (Å²) in [6.45, 7) is 1.37. The fraction of sp³-hybridized carbons (Fsp3) is 0.800. The van der Waals surface area contributed by atoms with Crippen molar-refractivity contribution in [3.8, 4) is 0 Å². The molecule has 0 saturated carbocycles. The third-order valence-electron chi connectivity index (χ3n) is 0.724. The molecule has 0 unspecified atom stereocenters. The van der Waals surface area contributed by atoms with Gasteiger partial charge in [-0.1, -0.05) is 0 Å². The van der Waals surface area contributed by atoms with Gasteiger partial charge in [-0.2, -0.15) is 0 Å². The van der Waals surface area contributed by atoms with E-state index in [9.17, 15) is 4.79 Å². The molecule has 3 nitrogen and oxygen atoms in total. The summed E-state index contributed by atoms with van der Waals surface area (Å²) < 4.78 is 0. The predicted octanol–water partition coefficient (Wildman–Crippen LogP) is -0.116. The summed E-state index contributed by atoms with van der Waals surface area (Å²) in [6.07, 6.45) is 1.47. The smallest absolute Gasteiger partial charge is 0.234 e. The van der Waals surface area contributed by atoms with Crippen LogP contribution in [0.3, 0.4) is 0 Å². The maximum atomic E-state index is 9.48. The molecule has 0 N–H and O–H groups in total. The molecule has 0 aliphatic carbocycles. The molecule has 0 aliphatic heterocycles. The molecule has 0 spiro atoms. The van der Waals surface area contributed by atoms with Crippen molar-refractivity contribution in [2.24, 2.45) is 4.99 Å². The van der Waals surface area contributed by atoms with E-state index in [1.54, 1.807) is 0 Å². The van der Waals surface area contributed by atoms with Gasteiger partial charge in [0, 0.05) is 6.54 Å². The maximum Gasteiger partial charge on any atom is 0.234 e. The SMILES string of the molecule is CN(C)CCN=C=O. The zero-order chi connectivity index (χ0) is 6.41. The molecular weight excluding hydrogens is 104 g/mol. The number of hydrogen-bond donors (Lipinski definition) is 0. The first kappa shape index (κ1) is 7.34. The van der Waals surface area contributed by atoms with Crippen molar-refractivity contribution in [3.05, 3.63) is 0 Å². The van der Waals surface area contributed by atoms with Crippen molar-refractivity contribution in [3.63, 3.8) is 0 Å². The number of hydrogen-bond acceptors (Lipinski definition) is 3. The van der Waals surface area contributed by atoms with Crippen molar-refractivity contribution in [2.45, 2.75) is 0 Å². The third kappa shape index (κ3) is 5.34. The fourth-order valence-electron chi connectivity index (χ4n) is 0.296. The first-order valence-electron chi connectivity index (χ1n) is 2.45. The van der Waals surface area contributed by atoms with Crippen LogP contribution in [-0.2, 0) is 4.79 Å². The first-order chi connectivity index (χ1) is 3.77. The lowest BCUT2D eigenvalue weighted by Crippen LogP contribution is -2.15. The van der Waals surface area contributed by atoms with Gasteiger partial charge in [0.1, 0.15) is 0 Å². The fourth-order valence-corrected chi connectivity index (χ4v) is 0.296. The normalized spacial score (nSPS) is 8.88. The third-order valence-corrected chi connectivity index (χ3v) is 0.724. The molecule has 0 radical (unpaired) electrons. The number of rotatable bonds is 3. The van der Waals surface area contributed by atoms with E-state index in [0.29, 0.717) is 6.54 Å². The molecule has 0 bridgehead atoms. The standard InChI is InChI=1S/C5H10N2O/c1-7(2)4-3-6-5-8/h3-4H2,1-2H3. The highest BCUT2D eigenvalue weighted by Crippen LogP contribution is 1.72. The summed E-state index contributed by atoms with van der Waals surface area (Å²) in [5.74, 6) is 0. The van der Waals surface area contributed by atoms with Gasteiger partial charge >= 0.3 is 0 Å². The average molecular weight is 114 g/mol. The van der Waals surface area contributed by atoms with E-state index in [4.69, 9.17) is 0 Å². The Balaban J connectivity index is 3.05. The maximum absolute atomic E-state index is 9.48. The van der Waals surface area contributed by atoms with Gasteiger partial charge in [0.15, 0.2) is 0 Å². The molecule has 0 aromatic carbocycles. The Kier molecular flexibility index (Phi) is 4.13. The molecule has 8 heavy (non-hydrogen) atoms. The van der Waals surface area contributed by atoms with Crippen molar-refractivity contribution < 1.29 is 4.79 Å². The van der Waals surface area contributed by atoms with Crippen LogP contribution < -0.4 is 0 Å². The largest absolute Gasteiger partial charge is 0.308 e.